The molecule has 1 atom stereocenters. The number of benzene rings is 1. The standard InChI is InChI=1S/C16H27NOS/c1-12-10-15(19-13(2)8-9-18)7-6-14(12)11-17-16(3,4)5/h6-7,10,13,17-18H,8-9,11H2,1-5H3. The molecule has 19 heavy (non-hydrogen) atoms. The number of aliphatic hydroxyl groups is 1. The third kappa shape index (κ3) is 6.46. The smallest absolute Gasteiger partial charge is 0.0441 e. The third-order valence-corrected chi connectivity index (χ3v) is 4.16. The van der Waals surface area contributed by atoms with Crippen molar-refractivity contribution in [2.24, 2.45) is 0 Å². The van der Waals surface area contributed by atoms with Crippen molar-refractivity contribution in [3.63, 3.8) is 0 Å². The molecule has 2 nitrogen and oxygen atoms in total. The zero-order valence-corrected chi connectivity index (χ0v) is 13.6. The summed E-state index contributed by atoms with van der Waals surface area (Å²) in [4.78, 5) is 1.29. The van der Waals surface area contributed by atoms with Gasteiger partial charge in [0.2, 0.25) is 0 Å². The van der Waals surface area contributed by atoms with E-state index in [-0.39, 0.29) is 12.1 Å². The topological polar surface area (TPSA) is 32.3 Å². The van der Waals surface area contributed by atoms with Gasteiger partial charge in [-0.05, 0) is 57.4 Å². The summed E-state index contributed by atoms with van der Waals surface area (Å²) in [5.74, 6) is 0. The van der Waals surface area contributed by atoms with Crippen LogP contribution < -0.4 is 5.32 Å². The highest BCUT2D eigenvalue weighted by molar-refractivity contribution is 7.99. The second-order valence-corrected chi connectivity index (χ2v) is 7.64. The van der Waals surface area contributed by atoms with Crippen LogP contribution in [0.1, 0.15) is 45.2 Å². The van der Waals surface area contributed by atoms with Gasteiger partial charge in [-0.25, -0.2) is 0 Å². The minimum atomic E-state index is 0.148. The van der Waals surface area contributed by atoms with E-state index in [1.54, 1.807) is 0 Å². The number of aliphatic hydroxyl groups excluding tert-OH is 1. The van der Waals surface area contributed by atoms with Crippen LogP contribution in [0.25, 0.3) is 0 Å². The molecule has 0 aliphatic rings. The summed E-state index contributed by atoms with van der Waals surface area (Å²) >= 11 is 1.83. The highest BCUT2D eigenvalue weighted by atomic mass is 32.2. The highest BCUT2D eigenvalue weighted by Gasteiger charge is 2.10. The second-order valence-electron chi connectivity index (χ2n) is 6.13. The van der Waals surface area contributed by atoms with Crippen LogP contribution in [-0.4, -0.2) is 22.5 Å². The SMILES string of the molecule is Cc1cc(SC(C)CCO)ccc1CNC(C)(C)C. The third-order valence-electron chi connectivity index (χ3n) is 3.00. The molecule has 1 aromatic rings. The maximum atomic E-state index is 8.94. The predicted molar refractivity (Wildman–Crippen MR) is 84.8 cm³/mol. The average Bonchev–Trinajstić information content (AvgIpc) is 2.26. The van der Waals surface area contributed by atoms with E-state index in [1.807, 2.05) is 11.8 Å². The van der Waals surface area contributed by atoms with Crippen LogP contribution in [0.2, 0.25) is 0 Å². The summed E-state index contributed by atoms with van der Waals surface area (Å²) in [6.07, 6.45) is 0.844. The number of rotatable bonds is 6. The Morgan fingerprint density at radius 2 is 2.00 bits per heavy atom. The second kappa shape index (κ2) is 7.32. The fraction of sp³-hybridized carbons (Fsp3) is 0.625. The zero-order chi connectivity index (χ0) is 14.5. The maximum absolute atomic E-state index is 8.94. The molecular formula is C16H27NOS. The van der Waals surface area contributed by atoms with Crippen LogP contribution in [0, 0.1) is 6.92 Å². The van der Waals surface area contributed by atoms with Gasteiger partial charge in [-0.15, -0.1) is 11.8 Å². The van der Waals surface area contributed by atoms with Gasteiger partial charge in [0, 0.05) is 28.8 Å². The first kappa shape index (κ1) is 16.5. The molecule has 0 aliphatic carbocycles. The van der Waals surface area contributed by atoms with E-state index in [4.69, 9.17) is 5.11 Å². The van der Waals surface area contributed by atoms with Crippen LogP contribution >= 0.6 is 11.8 Å². The lowest BCUT2D eigenvalue weighted by molar-refractivity contribution is 0.289. The first-order valence-electron chi connectivity index (χ1n) is 6.94. The first-order valence-corrected chi connectivity index (χ1v) is 7.82. The highest BCUT2D eigenvalue weighted by Crippen LogP contribution is 2.27. The zero-order valence-electron chi connectivity index (χ0n) is 12.8. The van der Waals surface area contributed by atoms with Crippen molar-refractivity contribution in [2.45, 2.75) is 63.3 Å². The van der Waals surface area contributed by atoms with E-state index in [0.717, 1.165) is 13.0 Å². The first-order chi connectivity index (χ1) is 8.81. The van der Waals surface area contributed by atoms with Gasteiger partial charge in [-0.3, -0.25) is 0 Å². The predicted octanol–water partition coefficient (Wildman–Crippen LogP) is 3.75. The lowest BCUT2D eigenvalue weighted by Crippen LogP contribution is -2.35. The van der Waals surface area contributed by atoms with E-state index in [9.17, 15) is 0 Å². The Hall–Kier alpha value is -0.510. The number of thioether (sulfide) groups is 1. The van der Waals surface area contributed by atoms with Crippen molar-refractivity contribution in [3.8, 4) is 0 Å². The summed E-state index contributed by atoms with van der Waals surface area (Å²) in [6, 6.07) is 6.64. The van der Waals surface area contributed by atoms with Crippen LogP contribution in [-0.2, 0) is 6.54 Å². The van der Waals surface area contributed by atoms with Crippen molar-refractivity contribution in [3.05, 3.63) is 29.3 Å². The molecule has 1 unspecified atom stereocenters. The van der Waals surface area contributed by atoms with Crippen LogP contribution in [0.4, 0.5) is 0 Å². The van der Waals surface area contributed by atoms with E-state index in [0.29, 0.717) is 5.25 Å². The minimum absolute atomic E-state index is 0.148. The number of hydrogen-bond donors (Lipinski definition) is 2. The van der Waals surface area contributed by atoms with Crippen LogP contribution in [0.3, 0.4) is 0 Å². The number of aryl methyl sites for hydroxylation is 1. The van der Waals surface area contributed by atoms with Crippen LogP contribution in [0.15, 0.2) is 23.1 Å². The summed E-state index contributed by atoms with van der Waals surface area (Å²) < 4.78 is 0. The molecule has 0 aromatic heterocycles. The van der Waals surface area contributed by atoms with Gasteiger partial charge in [-0.1, -0.05) is 13.0 Å². The van der Waals surface area contributed by atoms with Crippen molar-refractivity contribution >= 4 is 11.8 Å². The van der Waals surface area contributed by atoms with E-state index >= 15 is 0 Å². The summed E-state index contributed by atoms with van der Waals surface area (Å²) in [5, 5.41) is 12.9. The molecule has 0 heterocycles. The van der Waals surface area contributed by atoms with Crippen molar-refractivity contribution in [2.75, 3.05) is 6.61 Å². The number of nitrogens with one attached hydrogen (secondary N) is 1. The Bertz CT molecular complexity index is 398. The van der Waals surface area contributed by atoms with Gasteiger partial charge >= 0.3 is 0 Å². The largest absolute Gasteiger partial charge is 0.396 e. The summed E-state index contributed by atoms with van der Waals surface area (Å²) in [6.45, 7) is 12.0. The monoisotopic (exact) mass is 281 g/mol. The van der Waals surface area contributed by atoms with Crippen molar-refractivity contribution in [1.29, 1.82) is 0 Å². The quantitative estimate of drug-likeness (QED) is 0.779. The molecule has 0 bridgehead atoms. The molecule has 3 heteroatoms. The van der Waals surface area contributed by atoms with Gasteiger partial charge in [-0.2, -0.15) is 0 Å². The Labute approximate surface area is 122 Å². The number of hydrogen-bond acceptors (Lipinski definition) is 3. The lowest BCUT2D eigenvalue weighted by Gasteiger charge is -2.21. The molecule has 2 N–H and O–H groups in total. The average molecular weight is 281 g/mol. The normalized spacial score (nSPS) is 13.6. The van der Waals surface area contributed by atoms with Crippen molar-refractivity contribution < 1.29 is 5.11 Å². The van der Waals surface area contributed by atoms with E-state index in [2.05, 4.69) is 58.1 Å². The molecule has 0 aliphatic heterocycles. The summed E-state index contributed by atoms with van der Waals surface area (Å²) in [7, 11) is 0. The molecule has 1 aromatic carbocycles. The van der Waals surface area contributed by atoms with Gasteiger partial charge < -0.3 is 10.4 Å². The molecule has 0 spiro atoms. The molecule has 108 valence electrons. The minimum Gasteiger partial charge on any atom is -0.396 e. The Balaban J connectivity index is 2.64. The van der Waals surface area contributed by atoms with Gasteiger partial charge in [0.1, 0.15) is 0 Å². The van der Waals surface area contributed by atoms with Gasteiger partial charge in [0.25, 0.3) is 0 Å². The Morgan fingerprint density at radius 3 is 2.53 bits per heavy atom. The molecule has 0 fully saturated rings. The van der Waals surface area contributed by atoms with Crippen LogP contribution in [0.5, 0.6) is 0 Å². The molecular weight excluding hydrogens is 254 g/mol. The van der Waals surface area contributed by atoms with Gasteiger partial charge in [0.15, 0.2) is 0 Å². The van der Waals surface area contributed by atoms with E-state index < -0.39 is 0 Å². The molecule has 0 saturated carbocycles. The molecule has 0 radical (unpaired) electrons. The van der Waals surface area contributed by atoms with Crippen molar-refractivity contribution in [1.82, 2.24) is 5.32 Å². The fourth-order valence-electron chi connectivity index (χ4n) is 1.77. The Kier molecular flexibility index (Phi) is 6.37. The maximum Gasteiger partial charge on any atom is 0.0441 e. The fourth-order valence-corrected chi connectivity index (χ4v) is 2.85. The molecule has 0 saturated heterocycles. The molecule has 0 amide bonds. The molecule has 1 rings (SSSR count). The Morgan fingerprint density at radius 1 is 1.32 bits per heavy atom. The van der Waals surface area contributed by atoms with Gasteiger partial charge in [0.05, 0.1) is 0 Å². The van der Waals surface area contributed by atoms with E-state index in [1.165, 1.54) is 16.0 Å². The summed E-state index contributed by atoms with van der Waals surface area (Å²) in [5.41, 5.74) is 2.84. The lowest BCUT2D eigenvalue weighted by atomic mass is 10.1.